The fourth-order valence-corrected chi connectivity index (χ4v) is 3.78. The Morgan fingerprint density at radius 3 is 2.59 bits per heavy atom. The highest BCUT2D eigenvalue weighted by atomic mass is 32.2. The van der Waals surface area contributed by atoms with Crippen LogP contribution in [0.15, 0.2) is 41.3 Å². The third-order valence-electron chi connectivity index (χ3n) is 4.67. The molecule has 2 aromatic heterocycles. The first-order chi connectivity index (χ1) is 13.1. The average Bonchev–Trinajstić information content (AvgIpc) is 3.04. The lowest BCUT2D eigenvalue weighted by atomic mass is 9.86. The summed E-state index contributed by atoms with van der Waals surface area (Å²) in [6.45, 7) is 1.95. The maximum absolute atomic E-state index is 12.4. The number of rotatable bonds is 4. The van der Waals surface area contributed by atoms with E-state index in [1.165, 1.54) is 12.0 Å². The van der Waals surface area contributed by atoms with Crippen LogP contribution in [0.5, 0.6) is 5.88 Å². The van der Waals surface area contributed by atoms with Crippen LogP contribution in [0.25, 0.3) is 5.82 Å². The fourth-order valence-electron chi connectivity index (χ4n) is 3.37. The summed E-state index contributed by atoms with van der Waals surface area (Å²) in [6, 6.07) is 11.8. The molecule has 0 spiro atoms. The van der Waals surface area contributed by atoms with Gasteiger partial charge in [-0.05, 0) is 36.9 Å². The normalized spacial score (nSPS) is 16.0. The second kappa shape index (κ2) is 7.03. The van der Waals surface area contributed by atoms with Crippen LogP contribution >= 0.6 is 11.8 Å². The number of fused-ring (bicyclic) bond motifs is 1. The van der Waals surface area contributed by atoms with Gasteiger partial charge in [0.1, 0.15) is 5.82 Å². The Morgan fingerprint density at radius 1 is 1.19 bits per heavy atom. The number of anilines is 1. The molecule has 1 aromatic carbocycles. The molecule has 138 valence electrons. The molecule has 0 radical (unpaired) electrons. The fraction of sp³-hybridized carbons (Fsp3) is 0.263. The largest absolute Gasteiger partial charge is 0.480 e. The summed E-state index contributed by atoms with van der Waals surface area (Å²) in [4.78, 5) is 13.6. The van der Waals surface area contributed by atoms with Gasteiger partial charge in [0, 0.05) is 28.9 Å². The predicted octanol–water partition coefficient (Wildman–Crippen LogP) is 3.18. The van der Waals surface area contributed by atoms with E-state index in [0.717, 1.165) is 16.8 Å². The Labute approximate surface area is 161 Å². The zero-order valence-corrected chi connectivity index (χ0v) is 16.1. The number of carbonyl (C=O) groups is 1. The molecule has 27 heavy (non-hydrogen) atoms. The van der Waals surface area contributed by atoms with Gasteiger partial charge in [-0.15, -0.1) is 22.0 Å². The first-order valence-electron chi connectivity index (χ1n) is 8.52. The standard InChI is InChI=1S/C19H19N5O2S/c1-11-18-14(12-4-6-13(27-3)7-5-12)10-16(25)20-19(18)24(23-11)15-8-9-17(26-2)22-21-15/h4-9,14H,10H2,1-3H3,(H,20,25)/t14-/m0/s1. The zero-order valence-electron chi connectivity index (χ0n) is 15.3. The Morgan fingerprint density at radius 2 is 1.96 bits per heavy atom. The molecule has 1 N–H and O–H groups in total. The van der Waals surface area contributed by atoms with Crippen molar-refractivity contribution in [1.29, 1.82) is 0 Å². The summed E-state index contributed by atoms with van der Waals surface area (Å²) < 4.78 is 6.70. The molecule has 0 bridgehead atoms. The van der Waals surface area contributed by atoms with E-state index in [0.29, 0.717) is 23.9 Å². The minimum absolute atomic E-state index is 0.0374. The van der Waals surface area contributed by atoms with Crippen molar-refractivity contribution in [2.24, 2.45) is 0 Å². The van der Waals surface area contributed by atoms with E-state index in [2.05, 4.69) is 44.9 Å². The number of nitrogens with zero attached hydrogens (tertiary/aromatic N) is 4. The molecule has 4 rings (SSSR count). The van der Waals surface area contributed by atoms with Crippen molar-refractivity contribution in [2.45, 2.75) is 24.2 Å². The molecule has 1 atom stereocenters. The van der Waals surface area contributed by atoms with Crippen molar-refractivity contribution in [3.05, 3.63) is 53.2 Å². The van der Waals surface area contributed by atoms with Crippen LogP contribution in [0.3, 0.4) is 0 Å². The highest BCUT2D eigenvalue weighted by molar-refractivity contribution is 7.98. The number of methoxy groups -OCH3 is 1. The van der Waals surface area contributed by atoms with Crippen LogP contribution in [0.2, 0.25) is 0 Å². The Bertz CT molecular complexity index is 983. The van der Waals surface area contributed by atoms with Gasteiger partial charge in [0.05, 0.1) is 12.8 Å². The minimum Gasteiger partial charge on any atom is -0.480 e. The van der Waals surface area contributed by atoms with Crippen molar-refractivity contribution in [1.82, 2.24) is 20.0 Å². The van der Waals surface area contributed by atoms with Crippen molar-refractivity contribution in [3.63, 3.8) is 0 Å². The highest BCUT2D eigenvalue weighted by Crippen LogP contribution is 2.40. The Balaban J connectivity index is 1.79. The minimum atomic E-state index is -0.0379. The van der Waals surface area contributed by atoms with E-state index < -0.39 is 0 Å². The van der Waals surface area contributed by atoms with E-state index in [4.69, 9.17) is 4.74 Å². The maximum atomic E-state index is 12.4. The average molecular weight is 381 g/mol. The monoisotopic (exact) mass is 381 g/mol. The summed E-state index contributed by atoms with van der Waals surface area (Å²) in [6.07, 6.45) is 2.44. The lowest BCUT2D eigenvalue weighted by Crippen LogP contribution is -2.25. The number of aryl methyl sites for hydroxylation is 1. The third kappa shape index (κ3) is 3.16. The number of nitrogens with one attached hydrogen (secondary N) is 1. The number of thioether (sulfide) groups is 1. The number of hydrogen-bond donors (Lipinski definition) is 1. The summed E-state index contributed by atoms with van der Waals surface area (Å²) in [7, 11) is 1.54. The number of hydrogen-bond acceptors (Lipinski definition) is 6. The molecular weight excluding hydrogens is 362 g/mol. The Hall–Kier alpha value is -2.87. The van der Waals surface area contributed by atoms with Crippen LogP contribution < -0.4 is 10.1 Å². The molecule has 0 aliphatic carbocycles. The number of carbonyl (C=O) groups excluding carboxylic acids is 1. The number of amides is 1. The molecular formula is C19H19N5O2S. The topological polar surface area (TPSA) is 81.9 Å². The van der Waals surface area contributed by atoms with Crippen LogP contribution in [0, 0.1) is 6.92 Å². The number of benzene rings is 1. The van der Waals surface area contributed by atoms with Gasteiger partial charge in [-0.1, -0.05) is 12.1 Å². The van der Waals surface area contributed by atoms with Crippen LogP contribution in [-0.4, -0.2) is 39.3 Å². The van der Waals surface area contributed by atoms with Crippen molar-refractivity contribution >= 4 is 23.5 Å². The van der Waals surface area contributed by atoms with E-state index >= 15 is 0 Å². The van der Waals surface area contributed by atoms with Gasteiger partial charge in [0.25, 0.3) is 0 Å². The molecule has 3 heterocycles. The van der Waals surface area contributed by atoms with Gasteiger partial charge in [-0.2, -0.15) is 9.78 Å². The molecule has 0 unspecified atom stereocenters. The van der Waals surface area contributed by atoms with Gasteiger partial charge >= 0.3 is 0 Å². The maximum Gasteiger partial charge on any atom is 0.233 e. The van der Waals surface area contributed by atoms with E-state index in [9.17, 15) is 4.79 Å². The third-order valence-corrected chi connectivity index (χ3v) is 5.42. The summed E-state index contributed by atoms with van der Waals surface area (Å²) >= 11 is 1.70. The lowest BCUT2D eigenvalue weighted by Gasteiger charge is -2.24. The van der Waals surface area contributed by atoms with Gasteiger partial charge in [0.2, 0.25) is 11.8 Å². The van der Waals surface area contributed by atoms with E-state index in [-0.39, 0.29) is 11.8 Å². The lowest BCUT2D eigenvalue weighted by molar-refractivity contribution is -0.116. The molecule has 0 saturated heterocycles. The first kappa shape index (κ1) is 17.5. The zero-order chi connectivity index (χ0) is 19.0. The molecule has 0 saturated carbocycles. The molecule has 1 aliphatic heterocycles. The van der Waals surface area contributed by atoms with Gasteiger partial charge < -0.3 is 10.1 Å². The first-order valence-corrected chi connectivity index (χ1v) is 9.74. The quantitative estimate of drug-likeness (QED) is 0.699. The SMILES string of the molecule is COc1ccc(-n2nc(C)c3c2NC(=O)C[C@H]3c2ccc(SC)cc2)nn1. The molecule has 8 heteroatoms. The smallest absolute Gasteiger partial charge is 0.233 e. The highest BCUT2D eigenvalue weighted by Gasteiger charge is 2.32. The van der Waals surface area contributed by atoms with Crippen molar-refractivity contribution in [2.75, 3.05) is 18.7 Å². The summed E-state index contributed by atoms with van der Waals surface area (Å²) in [5, 5.41) is 15.7. The van der Waals surface area contributed by atoms with E-state index in [1.807, 2.05) is 13.2 Å². The number of ether oxygens (including phenoxy) is 1. The van der Waals surface area contributed by atoms with Crippen molar-refractivity contribution < 1.29 is 9.53 Å². The number of aromatic nitrogens is 4. The van der Waals surface area contributed by atoms with Crippen molar-refractivity contribution in [3.8, 4) is 11.7 Å². The second-order valence-corrected chi connectivity index (χ2v) is 7.15. The molecule has 7 nitrogen and oxygen atoms in total. The summed E-state index contributed by atoms with van der Waals surface area (Å²) in [5.41, 5.74) is 2.98. The molecule has 3 aromatic rings. The second-order valence-electron chi connectivity index (χ2n) is 6.27. The van der Waals surface area contributed by atoms with Crippen LogP contribution in [0.1, 0.15) is 29.2 Å². The molecule has 1 aliphatic rings. The Kier molecular flexibility index (Phi) is 4.57. The predicted molar refractivity (Wildman–Crippen MR) is 104 cm³/mol. The van der Waals surface area contributed by atoms with E-state index in [1.54, 1.807) is 28.6 Å². The summed E-state index contributed by atoms with van der Waals surface area (Å²) in [5.74, 6) is 1.53. The van der Waals surface area contributed by atoms with Gasteiger partial charge in [-0.25, -0.2) is 0 Å². The van der Waals surface area contributed by atoms with Gasteiger partial charge in [-0.3, -0.25) is 4.79 Å². The molecule has 0 fully saturated rings. The van der Waals surface area contributed by atoms with Gasteiger partial charge in [0.15, 0.2) is 5.82 Å². The van der Waals surface area contributed by atoms with Crippen LogP contribution in [-0.2, 0) is 4.79 Å². The molecule has 1 amide bonds. The van der Waals surface area contributed by atoms with Crippen LogP contribution in [0.4, 0.5) is 5.82 Å².